The smallest absolute Gasteiger partial charge is 0.242 e. The van der Waals surface area contributed by atoms with Gasteiger partial charge in [-0.3, -0.25) is 0 Å². The molecule has 1 rings (SSSR count). The quantitative estimate of drug-likeness (QED) is 0.811. The normalized spacial score (nSPS) is 11.3. The van der Waals surface area contributed by atoms with Gasteiger partial charge in [0.2, 0.25) is 5.88 Å². The van der Waals surface area contributed by atoms with E-state index in [1.165, 1.54) is 6.33 Å². The molecule has 0 unspecified atom stereocenters. The Labute approximate surface area is 107 Å². The minimum absolute atomic E-state index is 0.128. The number of rotatable bonds is 6. The zero-order valence-electron chi connectivity index (χ0n) is 10.8. The Morgan fingerprint density at radius 3 is 2.76 bits per heavy atom. The topological polar surface area (TPSA) is 73.1 Å². The zero-order valence-corrected chi connectivity index (χ0v) is 11.6. The van der Waals surface area contributed by atoms with Crippen LogP contribution in [0.4, 0.5) is 11.5 Å². The van der Waals surface area contributed by atoms with Crippen molar-refractivity contribution in [3.63, 3.8) is 0 Å². The molecule has 0 radical (unpaired) electrons. The number of nitrogens with zero attached hydrogens (tertiary/aromatic N) is 2. The number of hydrogen-bond donors (Lipinski definition) is 2. The Hall–Kier alpha value is -1.17. The van der Waals surface area contributed by atoms with Gasteiger partial charge in [-0.05, 0) is 27.0 Å². The Morgan fingerprint density at radius 2 is 2.18 bits per heavy atom. The molecule has 0 aliphatic carbocycles. The van der Waals surface area contributed by atoms with Gasteiger partial charge in [0.15, 0.2) is 5.82 Å². The molecular formula is C11H20N4OS. The second-order valence-electron chi connectivity index (χ2n) is 4.19. The number of nitrogens with two attached hydrogens (primary N) is 1. The molecule has 1 heterocycles. The van der Waals surface area contributed by atoms with E-state index in [9.17, 15) is 0 Å². The number of ether oxygens (including phenoxy) is 1. The van der Waals surface area contributed by atoms with E-state index in [1.54, 1.807) is 11.8 Å². The minimum atomic E-state index is 0.128. The van der Waals surface area contributed by atoms with Crippen LogP contribution in [0, 0.1) is 0 Å². The summed E-state index contributed by atoms with van der Waals surface area (Å²) in [5.41, 5.74) is 6.39. The van der Waals surface area contributed by atoms with Crippen LogP contribution in [0.5, 0.6) is 5.88 Å². The van der Waals surface area contributed by atoms with Gasteiger partial charge >= 0.3 is 0 Å². The fourth-order valence-corrected chi connectivity index (χ4v) is 1.36. The molecule has 0 bridgehead atoms. The lowest BCUT2D eigenvalue weighted by Gasteiger charge is -2.23. The van der Waals surface area contributed by atoms with E-state index in [1.807, 2.05) is 6.92 Å². The molecule has 0 spiro atoms. The predicted molar refractivity (Wildman–Crippen MR) is 73.7 cm³/mol. The van der Waals surface area contributed by atoms with Gasteiger partial charge in [-0.1, -0.05) is 0 Å². The lowest BCUT2D eigenvalue weighted by atomic mass is 10.2. The SMILES string of the molecule is CCOc1ncnc(NCC(C)(C)SC)c1N. The van der Waals surface area contributed by atoms with Crippen LogP contribution in [0.25, 0.3) is 0 Å². The van der Waals surface area contributed by atoms with Crippen LogP contribution in [-0.2, 0) is 0 Å². The molecule has 3 N–H and O–H groups in total. The summed E-state index contributed by atoms with van der Waals surface area (Å²) in [7, 11) is 0. The van der Waals surface area contributed by atoms with Gasteiger partial charge in [-0.2, -0.15) is 16.7 Å². The van der Waals surface area contributed by atoms with Crippen LogP contribution in [0.1, 0.15) is 20.8 Å². The predicted octanol–water partition coefficient (Wildman–Crippen LogP) is 2.01. The van der Waals surface area contributed by atoms with E-state index in [4.69, 9.17) is 10.5 Å². The molecule has 1 aromatic rings. The first-order valence-electron chi connectivity index (χ1n) is 5.52. The van der Waals surface area contributed by atoms with E-state index >= 15 is 0 Å². The summed E-state index contributed by atoms with van der Waals surface area (Å²) in [4.78, 5) is 8.11. The van der Waals surface area contributed by atoms with Crippen LogP contribution in [0.15, 0.2) is 6.33 Å². The van der Waals surface area contributed by atoms with Crippen LogP contribution in [0.3, 0.4) is 0 Å². The van der Waals surface area contributed by atoms with Crippen molar-refractivity contribution in [2.24, 2.45) is 0 Å². The molecule has 5 nitrogen and oxygen atoms in total. The van der Waals surface area contributed by atoms with Crippen molar-refractivity contribution in [3.8, 4) is 5.88 Å². The number of nitrogen functional groups attached to an aromatic ring is 1. The second-order valence-corrected chi connectivity index (χ2v) is 5.70. The van der Waals surface area contributed by atoms with E-state index in [-0.39, 0.29) is 4.75 Å². The van der Waals surface area contributed by atoms with Gasteiger partial charge in [0, 0.05) is 11.3 Å². The summed E-state index contributed by atoms with van der Waals surface area (Å²) in [6, 6.07) is 0. The van der Waals surface area contributed by atoms with Gasteiger partial charge in [-0.15, -0.1) is 0 Å². The van der Waals surface area contributed by atoms with Crippen molar-refractivity contribution in [3.05, 3.63) is 6.33 Å². The number of anilines is 2. The minimum Gasteiger partial charge on any atom is -0.476 e. The maximum atomic E-state index is 5.92. The van der Waals surface area contributed by atoms with E-state index in [0.29, 0.717) is 24.0 Å². The van der Waals surface area contributed by atoms with E-state index < -0.39 is 0 Å². The molecule has 6 heteroatoms. The Kier molecular flexibility index (Phi) is 4.86. The molecule has 0 aliphatic heterocycles. The van der Waals surface area contributed by atoms with Crippen molar-refractivity contribution in [1.82, 2.24) is 9.97 Å². The largest absolute Gasteiger partial charge is 0.476 e. The lowest BCUT2D eigenvalue weighted by Crippen LogP contribution is -2.26. The molecule has 0 fully saturated rings. The number of hydrogen-bond acceptors (Lipinski definition) is 6. The van der Waals surface area contributed by atoms with Crippen LogP contribution in [-0.4, -0.2) is 34.1 Å². The van der Waals surface area contributed by atoms with Gasteiger partial charge in [0.1, 0.15) is 12.0 Å². The van der Waals surface area contributed by atoms with Gasteiger partial charge in [0.25, 0.3) is 0 Å². The molecule has 0 atom stereocenters. The number of thioether (sulfide) groups is 1. The first kappa shape index (κ1) is 13.9. The fourth-order valence-electron chi connectivity index (χ4n) is 1.14. The van der Waals surface area contributed by atoms with Crippen LogP contribution in [0.2, 0.25) is 0 Å². The summed E-state index contributed by atoms with van der Waals surface area (Å²) in [5, 5.41) is 3.23. The molecule has 0 aromatic carbocycles. The molecule has 96 valence electrons. The van der Waals surface area contributed by atoms with Crippen molar-refractivity contribution in [2.45, 2.75) is 25.5 Å². The molecule has 17 heavy (non-hydrogen) atoms. The summed E-state index contributed by atoms with van der Waals surface area (Å²) in [5.74, 6) is 1.07. The summed E-state index contributed by atoms with van der Waals surface area (Å²) in [6.07, 6.45) is 3.53. The van der Waals surface area contributed by atoms with Crippen molar-refractivity contribution < 1.29 is 4.74 Å². The highest BCUT2D eigenvalue weighted by Crippen LogP contribution is 2.27. The summed E-state index contributed by atoms with van der Waals surface area (Å²) >= 11 is 1.79. The maximum absolute atomic E-state index is 5.92. The highest BCUT2D eigenvalue weighted by atomic mass is 32.2. The van der Waals surface area contributed by atoms with E-state index in [2.05, 4.69) is 35.4 Å². The van der Waals surface area contributed by atoms with E-state index in [0.717, 1.165) is 6.54 Å². The third-order valence-corrected chi connectivity index (χ3v) is 3.61. The third-order valence-electron chi connectivity index (χ3n) is 2.36. The van der Waals surface area contributed by atoms with Gasteiger partial charge in [-0.25, -0.2) is 4.98 Å². The van der Waals surface area contributed by atoms with Crippen molar-refractivity contribution in [1.29, 1.82) is 0 Å². The maximum Gasteiger partial charge on any atom is 0.242 e. The Morgan fingerprint density at radius 1 is 1.47 bits per heavy atom. The fraction of sp³-hybridized carbons (Fsp3) is 0.636. The first-order chi connectivity index (χ1) is 8.00. The number of aromatic nitrogens is 2. The first-order valence-corrected chi connectivity index (χ1v) is 6.75. The molecule has 1 aromatic heterocycles. The summed E-state index contributed by atoms with van der Waals surface area (Å²) < 4.78 is 5.44. The van der Waals surface area contributed by atoms with Gasteiger partial charge in [0.05, 0.1) is 6.61 Å². The highest BCUT2D eigenvalue weighted by Gasteiger charge is 2.17. The highest BCUT2D eigenvalue weighted by molar-refractivity contribution is 7.99. The van der Waals surface area contributed by atoms with Crippen molar-refractivity contribution >= 4 is 23.3 Å². The average Bonchev–Trinajstić information content (AvgIpc) is 2.31. The average molecular weight is 256 g/mol. The molecular weight excluding hydrogens is 236 g/mol. The van der Waals surface area contributed by atoms with Crippen molar-refractivity contribution in [2.75, 3.05) is 30.5 Å². The van der Waals surface area contributed by atoms with Crippen LogP contribution < -0.4 is 15.8 Å². The standard InChI is InChI=1S/C11H20N4OS/c1-5-16-10-8(12)9(14-7-15-10)13-6-11(2,3)17-4/h7H,5-6,12H2,1-4H3,(H,13,14,15). The van der Waals surface area contributed by atoms with Crippen LogP contribution >= 0.6 is 11.8 Å². The molecule has 0 saturated carbocycles. The van der Waals surface area contributed by atoms with Gasteiger partial charge < -0.3 is 15.8 Å². The monoisotopic (exact) mass is 256 g/mol. The zero-order chi connectivity index (χ0) is 12.9. The third kappa shape index (κ3) is 3.96. The lowest BCUT2D eigenvalue weighted by molar-refractivity contribution is 0.328. The number of nitrogens with one attached hydrogen (secondary N) is 1. The summed E-state index contributed by atoms with van der Waals surface area (Å²) in [6.45, 7) is 7.53. The molecule has 0 aliphatic rings. The Balaban J connectivity index is 2.75. The second kappa shape index (κ2) is 5.95. The molecule has 0 amide bonds. The molecule has 0 saturated heterocycles. The Bertz CT molecular complexity index is 370.